The van der Waals surface area contributed by atoms with Crippen LogP contribution in [-0.4, -0.2) is 29.7 Å². The predicted molar refractivity (Wildman–Crippen MR) is 76.0 cm³/mol. The molecule has 4 nitrogen and oxygen atoms in total. The van der Waals surface area contributed by atoms with Crippen molar-refractivity contribution in [3.8, 4) is 6.07 Å². The number of benzene rings is 1. The molecule has 0 saturated carbocycles. The molecule has 1 heterocycles. The number of rotatable bonds is 1. The third-order valence-corrected chi connectivity index (χ3v) is 3.50. The van der Waals surface area contributed by atoms with Gasteiger partial charge in [-0.15, -0.1) is 0 Å². The lowest BCUT2D eigenvalue weighted by Crippen LogP contribution is -2.35. The van der Waals surface area contributed by atoms with Crippen LogP contribution in [0, 0.1) is 28.9 Å². The summed E-state index contributed by atoms with van der Waals surface area (Å²) >= 11 is 0. The molecular weight excluding hydrogens is 290 g/mol. The molecule has 0 N–H and O–H groups in total. The zero-order valence-corrected chi connectivity index (χ0v) is 12.8. The van der Waals surface area contributed by atoms with E-state index in [4.69, 9.17) is 4.74 Å². The molecule has 2 atom stereocenters. The van der Waals surface area contributed by atoms with Gasteiger partial charge in [-0.25, -0.2) is 13.6 Å². The van der Waals surface area contributed by atoms with Crippen molar-refractivity contribution >= 4 is 6.09 Å². The SMILES string of the molecule is CC(C)(C)OC(=O)N1CC(C#N)[C@H](c2ccc(F)cc2F)C1. The van der Waals surface area contributed by atoms with Gasteiger partial charge in [0.1, 0.15) is 17.2 Å². The highest BCUT2D eigenvalue weighted by Gasteiger charge is 2.39. The molecule has 1 aromatic rings. The van der Waals surface area contributed by atoms with E-state index in [2.05, 4.69) is 6.07 Å². The maximum atomic E-state index is 13.9. The van der Waals surface area contributed by atoms with Crippen LogP contribution in [0.25, 0.3) is 0 Å². The van der Waals surface area contributed by atoms with Crippen LogP contribution < -0.4 is 0 Å². The Kier molecular flexibility index (Phi) is 4.36. The molecule has 2 rings (SSSR count). The highest BCUT2D eigenvalue weighted by Crippen LogP contribution is 2.34. The molecule has 0 aliphatic carbocycles. The topological polar surface area (TPSA) is 53.3 Å². The molecule has 22 heavy (non-hydrogen) atoms. The summed E-state index contributed by atoms with van der Waals surface area (Å²) in [5.74, 6) is -2.40. The minimum Gasteiger partial charge on any atom is -0.444 e. The summed E-state index contributed by atoms with van der Waals surface area (Å²) in [6.45, 7) is 5.60. The highest BCUT2D eigenvalue weighted by molar-refractivity contribution is 5.69. The Morgan fingerprint density at radius 3 is 2.59 bits per heavy atom. The van der Waals surface area contributed by atoms with Crippen molar-refractivity contribution < 1.29 is 18.3 Å². The molecule has 1 amide bonds. The summed E-state index contributed by atoms with van der Waals surface area (Å²) in [7, 11) is 0. The van der Waals surface area contributed by atoms with Crippen molar-refractivity contribution in [2.75, 3.05) is 13.1 Å². The summed E-state index contributed by atoms with van der Waals surface area (Å²) in [6.07, 6.45) is -0.530. The maximum Gasteiger partial charge on any atom is 0.410 e. The number of halogens is 2. The molecule has 0 bridgehead atoms. The Labute approximate surface area is 128 Å². The van der Waals surface area contributed by atoms with Crippen LogP contribution in [0.4, 0.5) is 13.6 Å². The standard InChI is InChI=1S/C16H18F2N2O2/c1-16(2,3)22-15(21)20-8-10(7-19)13(9-20)12-5-4-11(17)6-14(12)18/h4-6,10,13H,8-9H2,1-3H3/t10?,13-/m1/s1. The summed E-state index contributed by atoms with van der Waals surface area (Å²) in [6, 6.07) is 5.37. The second-order valence-corrected chi connectivity index (χ2v) is 6.39. The quantitative estimate of drug-likeness (QED) is 0.798. The molecule has 6 heteroatoms. The minimum atomic E-state index is -0.698. The summed E-state index contributed by atoms with van der Waals surface area (Å²) in [5.41, 5.74) is -0.391. The normalized spacial score (nSPS) is 21.5. The van der Waals surface area contributed by atoms with Crippen molar-refractivity contribution in [3.05, 3.63) is 35.4 Å². The minimum absolute atomic E-state index is 0.174. The molecule has 0 spiro atoms. The number of amides is 1. The van der Waals surface area contributed by atoms with Crippen molar-refractivity contribution in [2.45, 2.75) is 32.3 Å². The highest BCUT2D eigenvalue weighted by atomic mass is 19.1. The summed E-state index contributed by atoms with van der Waals surface area (Å²) < 4.78 is 32.2. The van der Waals surface area contributed by atoms with E-state index in [1.807, 2.05) is 0 Å². The Morgan fingerprint density at radius 1 is 1.36 bits per heavy atom. The molecule has 0 aromatic heterocycles. The lowest BCUT2D eigenvalue weighted by atomic mass is 9.89. The van der Waals surface area contributed by atoms with E-state index in [0.29, 0.717) is 0 Å². The van der Waals surface area contributed by atoms with Gasteiger partial charge in [0.15, 0.2) is 0 Å². The Hall–Kier alpha value is -2.16. The zero-order chi connectivity index (χ0) is 16.5. The van der Waals surface area contributed by atoms with E-state index < -0.39 is 35.2 Å². The molecular formula is C16H18F2N2O2. The third-order valence-electron chi connectivity index (χ3n) is 3.50. The van der Waals surface area contributed by atoms with Crippen LogP contribution in [0.3, 0.4) is 0 Å². The van der Waals surface area contributed by atoms with E-state index in [1.165, 1.54) is 11.0 Å². The van der Waals surface area contributed by atoms with Gasteiger partial charge in [0.25, 0.3) is 0 Å². The Balaban J connectivity index is 2.20. The Bertz CT molecular complexity index is 620. The number of nitrogens with zero attached hydrogens (tertiary/aromatic N) is 2. The fraction of sp³-hybridized carbons (Fsp3) is 0.500. The van der Waals surface area contributed by atoms with Gasteiger partial charge in [-0.1, -0.05) is 6.07 Å². The first-order valence-electron chi connectivity index (χ1n) is 7.04. The number of carbonyl (C=O) groups excluding carboxylic acids is 1. The number of carbonyl (C=O) groups is 1. The number of nitriles is 1. The summed E-state index contributed by atoms with van der Waals surface area (Å²) in [4.78, 5) is 13.5. The first-order valence-corrected chi connectivity index (χ1v) is 7.04. The monoisotopic (exact) mass is 308 g/mol. The number of likely N-dealkylation sites (tertiary alicyclic amines) is 1. The summed E-state index contributed by atoms with van der Waals surface area (Å²) in [5, 5.41) is 9.25. The van der Waals surface area contributed by atoms with Crippen LogP contribution in [-0.2, 0) is 4.74 Å². The van der Waals surface area contributed by atoms with Crippen LogP contribution >= 0.6 is 0 Å². The molecule has 0 radical (unpaired) electrons. The molecule has 1 unspecified atom stereocenters. The second kappa shape index (κ2) is 5.91. The van der Waals surface area contributed by atoms with E-state index in [9.17, 15) is 18.8 Å². The van der Waals surface area contributed by atoms with Gasteiger partial charge < -0.3 is 9.64 Å². The molecule has 1 aromatic carbocycles. The molecule has 1 saturated heterocycles. The van der Waals surface area contributed by atoms with Gasteiger partial charge in [-0.05, 0) is 32.4 Å². The van der Waals surface area contributed by atoms with Gasteiger partial charge in [0.2, 0.25) is 0 Å². The lowest BCUT2D eigenvalue weighted by molar-refractivity contribution is 0.0289. The van der Waals surface area contributed by atoms with E-state index in [1.54, 1.807) is 20.8 Å². The van der Waals surface area contributed by atoms with Crippen LogP contribution in [0.15, 0.2) is 18.2 Å². The maximum absolute atomic E-state index is 13.9. The van der Waals surface area contributed by atoms with Crippen molar-refractivity contribution in [3.63, 3.8) is 0 Å². The molecule has 1 aliphatic heterocycles. The van der Waals surface area contributed by atoms with Gasteiger partial charge >= 0.3 is 6.09 Å². The fourth-order valence-corrected chi connectivity index (χ4v) is 2.53. The van der Waals surface area contributed by atoms with Gasteiger partial charge in [-0.2, -0.15) is 5.26 Å². The van der Waals surface area contributed by atoms with E-state index in [0.717, 1.165) is 12.1 Å². The smallest absolute Gasteiger partial charge is 0.410 e. The Morgan fingerprint density at radius 2 is 2.05 bits per heavy atom. The first kappa shape index (κ1) is 16.2. The molecule has 118 valence electrons. The van der Waals surface area contributed by atoms with Gasteiger partial charge in [0, 0.05) is 25.1 Å². The number of ether oxygens (including phenoxy) is 1. The average molecular weight is 308 g/mol. The lowest BCUT2D eigenvalue weighted by Gasteiger charge is -2.24. The van der Waals surface area contributed by atoms with E-state index >= 15 is 0 Å². The zero-order valence-electron chi connectivity index (χ0n) is 12.8. The largest absolute Gasteiger partial charge is 0.444 e. The first-order chi connectivity index (χ1) is 10.2. The van der Waals surface area contributed by atoms with E-state index in [-0.39, 0.29) is 18.7 Å². The van der Waals surface area contributed by atoms with Crippen LogP contribution in [0.2, 0.25) is 0 Å². The van der Waals surface area contributed by atoms with Crippen molar-refractivity contribution in [1.29, 1.82) is 5.26 Å². The van der Waals surface area contributed by atoms with Gasteiger partial charge in [0.05, 0.1) is 12.0 Å². The molecule has 1 aliphatic rings. The molecule has 1 fully saturated rings. The second-order valence-electron chi connectivity index (χ2n) is 6.39. The average Bonchev–Trinajstić information content (AvgIpc) is 2.80. The predicted octanol–water partition coefficient (Wildman–Crippen LogP) is 3.44. The number of hydrogen-bond donors (Lipinski definition) is 0. The van der Waals surface area contributed by atoms with Gasteiger partial charge in [-0.3, -0.25) is 0 Å². The van der Waals surface area contributed by atoms with Crippen LogP contribution in [0.1, 0.15) is 32.3 Å². The van der Waals surface area contributed by atoms with Crippen molar-refractivity contribution in [1.82, 2.24) is 4.90 Å². The third kappa shape index (κ3) is 3.53. The van der Waals surface area contributed by atoms with Crippen molar-refractivity contribution in [2.24, 2.45) is 5.92 Å². The fourth-order valence-electron chi connectivity index (χ4n) is 2.53. The van der Waals surface area contributed by atoms with Crippen LogP contribution in [0.5, 0.6) is 0 Å². The number of hydrogen-bond acceptors (Lipinski definition) is 3.